The number of nitrogens with zero attached hydrogens (tertiary/aromatic N) is 5. The molecule has 7 rings (SSSR count). The molecule has 2 aromatic rings. The number of carbonyl (C=O) groups excluding carboxylic acids is 1. The highest BCUT2D eigenvalue weighted by Gasteiger charge is 2.56. The van der Waals surface area contributed by atoms with Gasteiger partial charge in [-0.15, -0.1) is 0 Å². The van der Waals surface area contributed by atoms with E-state index in [1.165, 1.54) is 32.1 Å². The molecule has 35 heavy (non-hydrogen) atoms. The second kappa shape index (κ2) is 7.83. The molecule has 1 unspecified atom stereocenters. The largest absolute Gasteiger partial charge is 0.493 e. The molecule has 3 atom stereocenters. The van der Waals surface area contributed by atoms with Gasteiger partial charge in [-0.2, -0.15) is 5.10 Å². The summed E-state index contributed by atoms with van der Waals surface area (Å²) in [5, 5.41) is 4.70. The minimum absolute atomic E-state index is 0.0815. The van der Waals surface area contributed by atoms with E-state index in [1.807, 2.05) is 16.1 Å². The molecular formula is C26H32FN5O3. The molecule has 2 amide bonds. The summed E-state index contributed by atoms with van der Waals surface area (Å²) in [4.78, 5) is 21.7. The molecule has 5 fully saturated rings. The maximum atomic E-state index is 13.5. The number of rotatable bonds is 5. The van der Waals surface area contributed by atoms with Crippen molar-refractivity contribution in [2.24, 2.45) is 17.3 Å². The average Bonchev–Trinajstić information content (AvgIpc) is 3.20. The molecule has 186 valence electrons. The van der Waals surface area contributed by atoms with E-state index >= 15 is 0 Å². The van der Waals surface area contributed by atoms with E-state index in [9.17, 15) is 9.18 Å². The van der Waals surface area contributed by atoms with Crippen molar-refractivity contribution >= 4 is 6.03 Å². The molecule has 3 heterocycles. The number of amides is 2. The number of urea groups is 1. The Labute approximate surface area is 204 Å². The molecule has 1 aromatic heterocycles. The summed E-state index contributed by atoms with van der Waals surface area (Å²) in [7, 11) is 1.53. The van der Waals surface area contributed by atoms with Gasteiger partial charge in [0.25, 0.3) is 0 Å². The summed E-state index contributed by atoms with van der Waals surface area (Å²) in [6, 6.07) is 5.03. The molecule has 1 spiro atoms. The van der Waals surface area contributed by atoms with Gasteiger partial charge >= 0.3 is 6.03 Å². The fraction of sp³-hybridized carbons (Fsp3) is 0.654. The minimum Gasteiger partial charge on any atom is -0.493 e. The number of likely N-dealkylation sites (tertiary alicyclic amines) is 2. The van der Waals surface area contributed by atoms with Crippen molar-refractivity contribution in [1.29, 1.82) is 0 Å². The second-order valence-electron chi connectivity index (χ2n) is 11.5. The molecule has 5 aliphatic rings. The Morgan fingerprint density at radius 3 is 2.51 bits per heavy atom. The summed E-state index contributed by atoms with van der Waals surface area (Å²) < 4.78 is 27.0. The van der Waals surface area contributed by atoms with Gasteiger partial charge in [0.15, 0.2) is 17.3 Å². The topological polar surface area (TPSA) is 72.7 Å². The normalized spacial score (nSPS) is 29.1. The SMILES string of the molecule is COc1cc(F)ccc1OC1C[C@@H]2CN(C(=O)N3CC4(CC(n5cnc(C6CC6)n5)C4)C3)C[C@@H]2C1. The first-order chi connectivity index (χ1) is 17.0. The lowest BCUT2D eigenvalue weighted by Gasteiger charge is -2.59. The lowest BCUT2D eigenvalue weighted by Crippen LogP contribution is -2.65. The van der Waals surface area contributed by atoms with E-state index in [1.54, 1.807) is 6.07 Å². The lowest BCUT2D eigenvalue weighted by molar-refractivity contribution is -0.0735. The number of hydrogen-bond donors (Lipinski definition) is 0. The number of carbonyl (C=O) groups is 1. The molecule has 2 aliphatic heterocycles. The van der Waals surface area contributed by atoms with Gasteiger partial charge in [-0.3, -0.25) is 0 Å². The second-order valence-corrected chi connectivity index (χ2v) is 11.5. The zero-order chi connectivity index (χ0) is 23.7. The molecule has 2 saturated heterocycles. The Hall–Kier alpha value is -2.84. The van der Waals surface area contributed by atoms with Gasteiger partial charge in [0, 0.05) is 43.6 Å². The van der Waals surface area contributed by atoms with Gasteiger partial charge in [-0.1, -0.05) is 0 Å². The molecule has 0 bridgehead atoms. The number of hydrogen-bond acceptors (Lipinski definition) is 5. The number of aromatic nitrogens is 3. The first kappa shape index (κ1) is 21.4. The Morgan fingerprint density at radius 2 is 1.83 bits per heavy atom. The summed E-state index contributed by atoms with van der Waals surface area (Å²) in [6.07, 6.45) is 8.47. The van der Waals surface area contributed by atoms with E-state index in [2.05, 4.69) is 9.67 Å². The van der Waals surface area contributed by atoms with Gasteiger partial charge in [0.05, 0.1) is 19.3 Å². The summed E-state index contributed by atoms with van der Waals surface area (Å²) in [5.41, 5.74) is 0.286. The zero-order valence-corrected chi connectivity index (χ0v) is 20.1. The van der Waals surface area contributed by atoms with Crippen LogP contribution in [0.2, 0.25) is 0 Å². The predicted molar refractivity (Wildman–Crippen MR) is 125 cm³/mol. The molecule has 3 saturated carbocycles. The van der Waals surface area contributed by atoms with Crippen LogP contribution in [0.1, 0.15) is 56.3 Å². The molecule has 0 N–H and O–H groups in total. The van der Waals surface area contributed by atoms with E-state index < -0.39 is 0 Å². The van der Waals surface area contributed by atoms with Gasteiger partial charge in [0.1, 0.15) is 12.1 Å². The highest BCUT2D eigenvalue weighted by Crippen LogP contribution is 2.54. The van der Waals surface area contributed by atoms with Crippen LogP contribution in [-0.2, 0) is 0 Å². The smallest absolute Gasteiger partial charge is 0.320 e. The number of benzene rings is 1. The van der Waals surface area contributed by atoms with E-state index in [-0.39, 0.29) is 23.4 Å². The standard InChI is InChI=1S/C26H32FN5O3/c1-34-23-8-19(27)4-5-22(23)35-21-6-17-11-30(12-18(17)7-21)25(33)31-13-26(14-31)9-20(10-26)32-15-28-24(29-32)16-2-3-16/h4-5,8,15-18,20-21H,2-3,6-7,9-14H2,1H3/t17-,18+,21?. The molecular weight excluding hydrogens is 449 g/mol. The van der Waals surface area contributed by atoms with Crippen LogP contribution in [-0.4, -0.2) is 70.0 Å². The van der Waals surface area contributed by atoms with Crippen LogP contribution in [0.4, 0.5) is 9.18 Å². The Morgan fingerprint density at radius 1 is 1.09 bits per heavy atom. The highest BCUT2D eigenvalue weighted by molar-refractivity contribution is 5.76. The third kappa shape index (κ3) is 3.74. The fourth-order valence-electron chi connectivity index (χ4n) is 6.89. The Bertz CT molecular complexity index is 1120. The van der Waals surface area contributed by atoms with Crippen molar-refractivity contribution < 1.29 is 18.7 Å². The van der Waals surface area contributed by atoms with E-state index in [4.69, 9.17) is 14.6 Å². The van der Waals surface area contributed by atoms with Gasteiger partial charge in [0.2, 0.25) is 0 Å². The van der Waals surface area contributed by atoms with Crippen LogP contribution < -0.4 is 9.47 Å². The molecule has 8 nitrogen and oxygen atoms in total. The van der Waals surface area contributed by atoms with Gasteiger partial charge < -0.3 is 19.3 Å². The van der Waals surface area contributed by atoms with E-state index in [0.29, 0.717) is 35.3 Å². The maximum Gasteiger partial charge on any atom is 0.320 e. The van der Waals surface area contributed by atoms with Crippen molar-refractivity contribution in [2.45, 2.75) is 56.6 Å². The third-order valence-electron chi connectivity index (χ3n) is 8.90. The maximum absolute atomic E-state index is 13.5. The van der Waals surface area contributed by atoms with Crippen molar-refractivity contribution in [3.8, 4) is 11.5 Å². The quantitative estimate of drug-likeness (QED) is 0.649. The summed E-state index contributed by atoms with van der Waals surface area (Å²) in [5.74, 6) is 3.22. The van der Waals surface area contributed by atoms with Gasteiger partial charge in [-0.25, -0.2) is 18.9 Å². The van der Waals surface area contributed by atoms with Crippen molar-refractivity contribution in [1.82, 2.24) is 24.6 Å². The highest BCUT2D eigenvalue weighted by atomic mass is 19.1. The number of methoxy groups -OCH3 is 1. The zero-order valence-electron chi connectivity index (χ0n) is 20.1. The van der Waals surface area contributed by atoms with E-state index in [0.717, 1.165) is 57.7 Å². The van der Waals surface area contributed by atoms with Crippen LogP contribution in [0.25, 0.3) is 0 Å². The summed E-state index contributed by atoms with van der Waals surface area (Å²) in [6.45, 7) is 3.35. The molecule has 3 aliphatic carbocycles. The fourth-order valence-corrected chi connectivity index (χ4v) is 6.89. The Kier molecular flexibility index (Phi) is 4.80. The molecule has 1 aromatic carbocycles. The summed E-state index contributed by atoms with van der Waals surface area (Å²) >= 11 is 0. The first-order valence-corrected chi connectivity index (χ1v) is 12.9. The monoisotopic (exact) mass is 481 g/mol. The van der Waals surface area contributed by atoms with Gasteiger partial charge in [-0.05, 0) is 62.5 Å². The predicted octanol–water partition coefficient (Wildman–Crippen LogP) is 3.85. The van der Waals surface area contributed by atoms with Crippen LogP contribution in [0.15, 0.2) is 24.5 Å². The van der Waals surface area contributed by atoms with Crippen molar-refractivity contribution in [2.75, 3.05) is 33.3 Å². The van der Waals surface area contributed by atoms with Crippen molar-refractivity contribution in [3.63, 3.8) is 0 Å². The van der Waals surface area contributed by atoms with Crippen LogP contribution in [0.5, 0.6) is 11.5 Å². The van der Waals surface area contributed by atoms with Crippen LogP contribution >= 0.6 is 0 Å². The Balaban J connectivity index is 0.885. The van der Waals surface area contributed by atoms with Crippen LogP contribution in [0.3, 0.4) is 0 Å². The third-order valence-corrected chi connectivity index (χ3v) is 8.90. The molecule has 9 heteroatoms. The van der Waals surface area contributed by atoms with Crippen LogP contribution in [0, 0.1) is 23.1 Å². The van der Waals surface area contributed by atoms with Crippen molar-refractivity contribution in [3.05, 3.63) is 36.2 Å². The number of halogens is 1. The number of fused-ring (bicyclic) bond motifs is 1. The average molecular weight is 482 g/mol. The lowest BCUT2D eigenvalue weighted by atomic mass is 9.61. The minimum atomic E-state index is -0.335. The first-order valence-electron chi connectivity index (χ1n) is 12.9. The number of ether oxygens (including phenoxy) is 2. The molecule has 0 radical (unpaired) electrons.